The summed E-state index contributed by atoms with van der Waals surface area (Å²) in [7, 11) is -8.37. The number of rotatable bonds is 4. The van der Waals surface area contributed by atoms with Gasteiger partial charge in [0.05, 0.1) is 33.5 Å². The minimum atomic E-state index is -4.19. The van der Waals surface area contributed by atoms with Crippen LogP contribution >= 0.6 is 23.7 Å². The molecule has 6 nitrogen and oxygen atoms in total. The zero-order chi connectivity index (χ0) is 12.4. The van der Waals surface area contributed by atoms with E-state index in [1.54, 1.807) is 0 Å². The molecule has 0 atom stereocenters. The SMILES string of the molecule is O=S(=O)(OCl)c1cccc(S(=O)(=O)OCl)c1. The van der Waals surface area contributed by atoms with Crippen LogP contribution in [0.4, 0.5) is 0 Å². The summed E-state index contributed by atoms with van der Waals surface area (Å²) < 4.78 is 52.0. The average Bonchev–Trinajstić information content (AvgIpc) is 2.29. The zero-order valence-corrected chi connectivity index (χ0v) is 10.5. The molecule has 0 aliphatic rings. The Morgan fingerprint density at radius 1 is 0.875 bits per heavy atom. The van der Waals surface area contributed by atoms with E-state index >= 15 is 0 Å². The normalized spacial score (nSPS) is 12.6. The maximum Gasteiger partial charge on any atom is 0.312 e. The van der Waals surface area contributed by atoms with Crippen molar-refractivity contribution in [1.82, 2.24) is 0 Å². The van der Waals surface area contributed by atoms with Crippen molar-refractivity contribution in [3.63, 3.8) is 0 Å². The number of hydrogen-bond donors (Lipinski definition) is 0. The molecule has 90 valence electrons. The summed E-state index contributed by atoms with van der Waals surface area (Å²) in [6.45, 7) is 0. The molecule has 0 amide bonds. The van der Waals surface area contributed by atoms with Gasteiger partial charge in [-0.2, -0.15) is 24.3 Å². The Bertz CT molecular complexity index is 530. The van der Waals surface area contributed by atoms with Gasteiger partial charge in [-0.25, -0.2) is 0 Å². The number of benzene rings is 1. The van der Waals surface area contributed by atoms with Crippen molar-refractivity contribution < 1.29 is 24.3 Å². The Morgan fingerprint density at radius 3 is 1.56 bits per heavy atom. The maximum absolute atomic E-state index is 11.1. The summed E-state index contributed by atoms with van der Waals surface area (Å²) in [5.41, 5.74) is 0. The molecule has 0 saturated heterocycles. The van der Waals surface area contributed by atoms with Gasteiger partial charge in [0.25, 0.3) is 0 Å². The quantitative estimate of drug-likeness (QED) is 0.835. The van der Waals surface area contributed by atoms with Gasteiger partial charge in [-0.3, -0.25) is 0 Å². The fourth-order valence-corrected chi connectivity index (χ4v) is 2.55. The standard InChI is InChI=1S/C6H4Cl2O6S2/c7-13-15(9,10)5-2-1-3-6(4-5)16(11,12)14-8/h1-4H. The van der Waals surface area contributed by atoms with Crippen LogP contribution in [0.1, 0.15) is 0 Å². The Morgan fingerprint density at radius 2 is 1.25 bits per heavy atom. The molecule has 0 unspecified atom stereocenters. The van der Waals surface area contributed by atoms with Crippen molar-refractivity contribution in [2.24, 2.45) is 0 Å². The van der Waals surface area contributed by atoms with Gasteiger partial charge in [-0.1, -0.05) is 6.07 Å². The lowest BCUT2D eigenvalue weighted by molar-refractivity contribution is 0.506. The van der Waals surface area contributed by atoms with E-state index in [1.165, 1.54) is 6.07 Å². The average molecular weight is 307 g/mol. The third-order valence-electron chi connectivity index (χ3n) is 1.55. The first-order valence-electron chi connectivity index (χ1n) is 3.54. The van der Waals surface area contributed by atoms with Crippen LogP contribution in [0, 0.1) is 0 Å². The molecule has 0 aliphatic heterocycles. The maximum atomic E-state index is 11.1. The molecule has 16 heavy (non-hydrogen) atoms. The van der Waals surface area contributed by atoms with Crippen LogP contribution in [-0.4, -0.2) is 16.8 Å². The summed E-state index contributed by atoms with van der Waals surface area (Å²) in [6, 6.07) is 4.18. The second-order valence-corrected chi connectivity index (χ2v) is 6.28. The van der Waals surface area contributed by atoms with Crippen molar-refractivity contribution in [2.45, 2.75) is 9.79 Å². The fraction of sp³-hybridized carbons (Fsp3) is 0. The molecule has 0 radical (unpaired) electrons. The Hall–Kier alpha value is -0.380. The molecule has 0 N–H and O–H groups in total. The third kappa shape index (κ3) is 2.84. The van der Waals surface area contributed by atoms with Crippen molar-refractivity contribution >= 4 is 44.0 Å². The molecule has 0 fully saturated rings. The van der Waals surface area contributed by atoms with Crippen molar-refractivity contribution in [3.05, 3.63) is 24.3 Å². The minimum absolute atomic E-state index is 0.433. The molecule has 0 bridgehead atoms. The monoisotopic (exact) mass is 306 g/mol. The molecule has 1 aromatic rings. The van der Waals surface area contributed by atoms with Crippen LogP contribution < -0.4 is 0 Å². The van der Waals surface area contributed by atoms with Crippen LogP contribution in [0.3, 0.4) is 0 Å². The predicted octanol–water partition coefficient (Wildman–Crippen LogP) is 1.40. The molecule has 0 aliphatic carbocycles. The highest BCUT2D eigenvalue weighted by molar-refractivity contribution is 7.88. The van der Waals surface area contributed by atoms with E-state index in [9.17, 15) is 16.8 Å². The van der Waals surface area contributed by atoms with E-state index in [0.29, 0.717) is 0 Å². The lowest BCUT2D eigenvalue weighted by Gasteiger charge is -2.02. The van der Waals surface area contributed by atoms with Gasteiger partial charge in [0, 0.05) is 0 Å². The van der Waals surface area contributed by atoms with Crippen LogP contribution in [-0.2, 0) is 27.7 Å². The summed E-state index contributed by atoms with van der Waals surface area (Å²) >= 11 is 9.47. The minimum Gasteiger partial charge on any atom is -0.193 e. The molecule has 0 spiro atoms. The fourth-order valence-electron chi connectivity index (χ4n) is 0.858. The van der Waals surface area contributed by atoms with E-state index in [2.05, 4.69) is 7.47 Å². The Balaban J connectivity index is 3.37. The van der Waals surface area contributed by atoms with Gasteiger partial charge in [0.15, 0.2) is 0 Å². The molecule has 10 heteroatoms. The Labute approximate surface area is 102 Å². The summed E-state index contributed by atoms with van der Waals surface area (Å²) in [5, 5.41) is 0. The van der Waals surface area contributed by atoms with Gasteiger partial charge in [-0.15, -0.1) is 0 Å². The predicted molar refractivity (Wildman–Crippen MR) is 54.7 cm³/mol. The lowest BCUT2D eigenvalue weighted by atomic mass is 10.4. The second kappa shape index (κ2) is 4.86. The molecule has 1 rings (SSSR count). The highest BCUT2D eigenvalue weighted by atomic mass is 35.5. The largest absolute Gasteiger partial charge is 0.312 e. The molecule has 0 aromatic heterocycles. The highest BCUT2D eigenvalue weighted by Crippen LogP contribution is 2.20. The molecular weight excluding hydrogens is 303 g/mol. The topological polar surface area (TPSA) is 86.7 Å². The second-order valence-electron chi connectivity index (χ2n) is 2.51. The van der Waals surface area contributed by atoms with Crippen molar-refractivity contribution in [2.75, 3.05) is 0 Å². The van der Waals surface area contributed by atoms with Gasteiger partial charge in [0.2, 0.25) is 0 Å². The van der Waals surface area contributed by atoms with E-state index < -0.39 is 30.0 Å². The lowest BCUT2D eigenvalue weighted by Crippen LogP contribution is -2.04. The van der Waals surface area contributed by atoms with Crippen molar-refractivity contribution in [1.29, 1.82) is 0 Å². The Kier molecular flexibility index (Phi) is 4.16. The molecular formula is C6H4Cl2O6S2. The smallest absolute Gasteiger partial charge is 0.193 e. The number of halogens is 2. The van der Waals surface area contributed by atoms with Crippen LogP contribution in [0.15, 0.2) is 34.1 Å². The van der Waals surface area contributed by atoms with E-state index in [4.69, 9.17) is 23.7 Å². The summed E-state index contributed by atoms with van der Waals surface area (Å²) in [5.74, 6) is 0. The van der Waals surface area contributed by atoms with Crippen LogP contribution in [0.5, 0.6) is 0 Å². The first-order chi connectivity index (χ1) is 7.33. The van der Waals surface area contributed by atoms with Crippen LogP contribution in [0.25, 0.3) is 0 Å². The number of hydrogen-bond acceptors (Lipinski definition) is 6. The first kappa shape index (κ1) is 13.7. The zero-order valence-electron chi connectivity index (χ0n) is 7.33. The third-order valence-corrected chi connectivity index (χ3v) is 4.54. The summed E-state index contributed by atoms with van der Waals surface area (Å²) in [4.78, 5) is -0.866. The van der Waals surface area contributed by atoms with E-state index in [-0.39, 0.29) is 0 Å². The van der Waals surface area contributed by atoms with E-state index in [1.807, 2.05) is 0 Å². The van der Waals surface area contributed by atoms with Gasteiger partial charge in [0.1, 0.15) is 0 Å². The highest BCUT2D eigenvalue weighted by Gasteiger charge is 2.20. The molecule has 0 heterocycles. The van der Waals surface area contributed by atoms with E-state index in [0.717, 1.165) is 18.2 Å². The molecule has 1 aromatic carbocycles. The first-order valence-corrected chi connectivity index (χ1v) is 6.97. The van der Waals surface area contributed by atoms with Gasteiger partial charge >= 0.3 is 20.2 Å². The van der Waals surface area contributed by atoms with Crippen LogP contribution in [0.2, 0.25) is 0 Å². The van der Waals surface area contributed by atoms with Gasteiger partial charge in [-0.05, 0) is 18.2 Å². The van der Waals surface area contributed by atoms with Gasteiger partial charge < -0.3 is 0 Å². The summed E-state index contributed by atoms with van der Waals surface area (Å²) in [6.07, 6.45) is 0. The van der Waals surface area contributed by atoms with Crippen molar-refractivity contribution in [3.8, 4) is 0 Å². The molecule has 0 saturated carbocycles.